The topological polar surface area (TPSA) is 78.9 Å². The van der Waals surface area contributed by atoms with Crippen molar-refractivity contribution in [2.45, 2.75) is 0 Å². The Bertz CT molecular complexity index is 567. The SMILES string of the molecule is CN(c1ncc(Cl)cn1)c1ccccc1C(=N)N. The monoisotopic (exact) mass is 261 g/mol. The van der Waals surface area contributed by atoms with E-state index in [0.717, 1.165) is 5.69 Å². The highest BCUT2D eigenvalue weighted by molar-refractivity contribution is 6.30. The Morgan fingerprint density at radius 1 is 1.28 bits per heavy atom. The maximum Gasteiger partial charge on any atom is 0.229 e. The van der Waals surface area contributed by atoms with Crippen LogP contribution in [0.25, 0.3) is 0 Å². The maximum absolute atomic E-state index is 7.56. The third-order valence-corrected chi connectivity index (χ3v) is 2.66. The smallest absolute Gasteiger partial charge is 0.229 e. The van der Waals surface area contributed by atoms with Gasteiger partial charge in [0.15, 0.2) is 0 Å². The quantitative estimate of drug-likeness (QED) is 0.656. The highest BCUT2D eigenvalue weighted by Crippen LogP contribution is 2.24. The Morgan fingerprint density at radius 3 is 2.50 bits per heavy atom. The number of halogens is 1. The summed E-state index contributed by atoms with van der Waals surface area (Å²) in [6, 6.07) is 7.34. The number of nitrogens with one attached hydrogen (secondary N) is 1. The van der Waals surface area contributed by atoms with Crippen molar-refractivity contribution in [3.63, 3.8) is 0 Å². The highest BCUT2D eigenvalue weighted by atomic mass is 35.5. The van der Waals surface area contributed by atoms with Crippen LogP contribution in [0.3, 0.4) is 0 Å². The van der Waals surface area contributed by atoms with Gasteiger partial charge in [0.25, 0.3) is 0 Å². The molecule has 0 unspecified atom stereocenters. The van der Waals surface area contributed by atoms with Crippen molar-refractivity contribution in [2.24, 2.45) is 5.73 Å². The van der Waals surface area contributed by atoms with Crippen molar-refractivity contribution < 1.29 is 0 Å². The van der Waals surface area contributed by atoms with E-state index in [1.54, 1.807) is 11.0 Å². The molecule has 0 atom stereocenters. The van der Waals surface area contributed by atoms with Crippen LogP contribution in [0.1, 0.15) is 5.56 Å². The van der Waals surface area contributed by atoms with E-state index in [1.807, 2.05) is 25.2 Å². The third-order valence-electron chi connectivity index (χ3n) is 2.46. The Hall–Kier alpha value is -2.14. The number of nitrogens with zero attached hydrogens (tertiary/aromatic N) is 3. The fourth-order valence-corrected chi connectivity index (χ4v) is 1.68. The molecule has 0 amide bonds. The summed E-state index contributed by atoms with van der Waals surface area (Å²) < 4.78 is 0. The molecule has 3 N–H and O–H groups in total. The van der Waals surface area contributed by atoms with Crippen LogP contribution >= 0.6 is 11.6 Å². The molecule has 1 aromatic heterocycles. The zero-order valence-electron chi connectivity index (χ0n) is 9.76. The van der Waals surface area contributed by atoms with Gasteiger partial charge in [0.05, 0.1) is 23.1 Å². The van der Waals surface area contributed by atoms with Crippen molar-refractivity contribution in [3.05, 3.63) is 47.2 Å². The summed E-state index contributed by atoms with van der Waals surface area (Å²) >= 11 is 5.75. The largest absolute Gasteiger partial charge is 0.384 e. The summed E-state index contributed by atoms with van der Waals surface area (Å²) in [6.45, 7) is 0. The number of para-hydroxylation sites is 1. The van der Waals surface area contributed by atoms with E-state index in [1.165, 1.54) is 12.4 Å². The van der Waals surface area contributed by atoms with Gasteiger partial charge in [0.2, 0.25) is 5.95 Å². The van der Waals surface area contributed by atoms with E-state index >= 15 is 0 Å². The Morgan fingerprint density at radius 2 is 1.89 bits per heavy atom. The first-order valence-corrected chi connectivity index (χ1v) is 5.62. The minimum absolute atomic E-state index is 0.00594. The molecule has 0 fully saturated rings. The van der Waals surface area contributed by atoms with Gasteiger partial charge in [-0.05, 0) is 12.1 Å². The lowest BCUT2D eigenvalue weighted by molar-refractivity contribution is 1.04. The Balaban J connectivity index is 2.42. The van der Waals surface area contributed by atoms with Gasteiger partial charge in [-0.1, -0.05) is 23.7 Å². The first-order valence-electron chi connectivity index (χ1n) is 5.24. The molecule has 0 spiro atoms. The second-order valence-corrected chi connectivity index (χ2v) is 4.13. The van der Waals surface area contributed by atoms with E-state index < -0.39 is 0 Å². The second-order valence-electron chi connectivity index (χ2n) is 3.69. The van der Waals surface area contributed by atoms with Gasteiger partial charge in [0.1, 0.15) is 5.84 Å². The van der Waals surface area contributed by atoms with E-state index in [2.05, 4.69) is 9.97 Å². The van der Waals surface area contributed by atoms with E-state index in [0.29, 0.717) is 16.5 Å². The fourth-order valence-electron chi connectivity index (χ4n) is 1.58. The van der Waals surface area contributed by atoms with E-state index in [9.17, 15) is 0 Å². The molecule has 0 aliphatic carbocycles. The number of hydrogen-bond acceptors (Lipinski definition) is 4. The lowest BCUT2D eigenvalue weighted by Gasteiger charge is -2.19. The number of hydrogen-bond donors (Lipinski definition) is 2. The molecule has 0 aliphatic heterocycles. The third kappa shape index (κ3) is 2.41. The molecule has 18 heavy (non-hydrogen) atoms. The zero-order chi connectivity index (χ0) is 13.1. The maximum atomic E-state index is 7.56. The molecule has 2 aromatic rings. The minimum Gasteiger partial charge on any atom is -0.384 e. The average molecular weight is 262 g/mol. The predicted molar refractivity (Wildman–Crippen MR) is 72.6 cm³/mol. The zero-order valence-corrected chi connectivity index (χ0v) is 10.5. The molecule has 6 heteroatoms. The number of nitrogens with two attached hydrogens (primary N) is 1. The van der Waals surface area contributed by atoms with Gasteiger partial charge >= 0.3 is 0 Å². The minimum atomic E-state index is 0.00594. The van der Waals surface area contributed by atoms with Gasteiger partial charge in [-0.3, -0.25) is 5.41 Å². The van der Waals surface area contributed by atoms with Crippen LogP contribution in [-0.4, -0.2) is 22.9 Å². The highest BCUT2D eigenvalue weighted by Gasteiger charge is 2.12. The number of rotatable bonds is 3. The van der Waals surface area contributed by atoms with E-state index in [4.69, 9.17) is 22.7 Å². The molecule has 1 aromatic carbocycles. The van der Waals surface area contributed by atoms with Crippen LogP contribution in [-0.2, 0) is 0 Å². The van der Waals surface area contributed by atoms with Gasteiger partial charge in [-0.2, -0.15) is 0 Å². The van der Waals surface area contributed by atoms with Crippen molar-refractivity contribution in [1.82, 2.24) is 9.97 Å². The summed E-state index contributed by atoms with van der Waals surface area (Å²) in [4.78, 5) is 10.0. The number of amidine groups is 1. The molecule has 0 aliphatic rings. The summed E-state index contributed by atoms with van der Waals surface area (Å²) in [5, 5.41) is 8.03. The lowest BCUT2D eigenvalue weighted by Crippen LogP contribution is -2.19. The number of aromatic nitrogens is 2. The molecule has 5 nitrogen and oxygen atoms in total. The van der Waals surface area contributed by atoms with Crippen molar-refractivity contribution in [1.29, 1.82) is 5.41 Å². The molecular weight excluding hydrogens is 250 g/mol. The van der Waals surface area contributed by atoms with Crippen LogP contribution < -0.4 is 10.6 Å². The first kappa shape index (κ1) is 12.3. The molecule has 92 valence electrons. The van der Waals surface area contributed by atoms with Gasteiger partial charge in [0, 0.05) is 12.6 Å². The van der Waals surface area contributed by atoms with E-state index in [-0.39, 0.29) is 5.84 Å². The van der Waals surface area contributed by atoms with Crippen LogP contribution in [0.15, 0.2) is 36.7 Å². The molecule has 0 saturated heterocycles. The Kier molecular flexibility index (Phi) is 3.43. The molecule has 0 saturated carbocycles. The van der Waals surface area contributed by atoms with Gasteiger partial charge in [-0.15, -0.1) is 0 Å². The fraction of sp³-hybridized carbons (Fsp3) is 0.0833. The number of benzene rings is 1. The average Bonchev–Trinajstić information content (AvgIpc) is 2.39. The van der Waals surface area contributed by atoms with Crippen molar-refractivity contribution in [3.8, 4) is 0 Å². The number of anilines is 2. The van der Waals surface area contributed by atoms with Gasteiger partial charge < -0.3 is 10.6 Å². The lowest BCUT2D eigenvalue weighted by atomic mass is 10.1. The van der Waals surface area contributed by atoms with Gasteiger partial charge in [-0.25, -0.2) is 9.97 Å². The summed E-state index contributed by atoms with van der Waals surface area (Å²) in [5.74, 6) is 0.500. The molecule has 0 bridgehead atoms. The summed E-state index contributed by atoms with van der Waals surface area (Å²) in [6.07, 6.45) is 3.05. The summed E-state index contributed by atoms with van der Waals surface area (Å²) in [5.41, 5.74) is 6.96. The standard InChI is InChI=1S/C12H12ClN5/c1-18(12-16-6-8(13)7-17-12)10-5-3-2-4-9(10)11(14)15/h2-7H,1H3,(H3,14,15). The summed E-state index contributed by atoms with van der Waals surface area (Å²) in [7, 11) is 1.81. The second kappa shape index (κ2) is 5.01. The molecule has 0 radical (unpaired) electrons. The molecule has 1 heterocycles. The first-order chi connectivity index (χ1) is 8.59. The van der Waals surface area contributed by atoms with Crippen LogP contribution in [0.4, 0.5) is 11.6 Å². The van der Waals surface area contributed by atoms with Crippen molar-refractivity contribution in [2.75, 3.05) is 11.9 Å². The van der Waals surface area contributed by atoms with Crippen LogP contribution in [0.2, 0.25) is 5.02 Å². The van der Waals surface area contributed by atoms with Crippen LogP contribution in [0, 0.1) is 5.41 Å². The normalized spacial score (nSPS) is 10.1. The molecular formula is C12H12ClN5. The Labute approximate surface area is 110 Å². The van der Waals surface area contributed by atoms with Crippen LogP contribution in [0.5, 0.6) is 0 Å². The van der Waals surface area contributed by atoms with Crippen molar-refractivity contribution >= 4 is 29.1 Å². The predicted octanol–water partition coefficient (Wildman–Crippen LogP) is 2.18. The number of nitrogen functional groups attached to an aromatic ring is 1. The molecule has 2 rings (SSSR count).